The van der Waals surface area contributed by atoms with Crippen molar-refractivity contribution in [2.45, 2.75) is 55.9 Å². The van der Waals surface area contributed by atoms with Crippen LogP contribution in [0.1, 0.15) is 66.1 Å². The first kappa shape index (κ1) is 21.5. The fraction of sp³-hybridized carbons (Fsp3) is 0.480. The molecule has 5 rings (SSSR count). The zero-order valence-electron chi connectivity index (χ0n) is 18.4. The monoisotopic (exact) mass is 453 g/mol. The molecule has 0 aromatic heterocycles. The first-order valence-electron chi connectivity index (χ1n) is 11.8. The van der Waals surface area contributed by atoms with E-state index in [0.29, 0.717) is 18.7 Å². The minimum absolute atomic E-state index is 0.0376. The van der Waals surface area contributed by atoms with Crippen molar-refractivity contribution in [1.82, 2.24) is 9.62 Å². The van der Waals surface area contributed by atoms with Gasteiger partial charge in [0, 0.05) is 31.7 Å². The van der Waals surface area contributed by atoms with Crippen molar-refractivity contribution in [3.63, 3.8) is 0 Å². The molecule has 2 aromatic rings. The number of carbonyl (C=O) groups excluding carboxylic acids is 1. The number of fused-ring (bicyclic) bond motifs is 1. The SMILES string of the molecule is O=C(N[C@@H]1CCCc2ccccc21)c1ccc(N2CCCC2)c(S(=O)(=O)N2CCCC2)c1. The van der Waals surface area contributed by atoms with Crippen LogP contribution in [0.25, 0.3) is 0 Å². The molecule has 2 heterocycles. The molecule has 2 saturated heterocycles. The van der Waals surface area contributed by atoms with Crippen LogP contribution in [-0.2, 0) is 16.4 Å². The predicted molar refractivity (Wildman–Crippen MR) is 125 cm³/mol. The lowest BCUT2D eigenvalue weighted by atomic mass is 9.87. The Labute approximate surface area is 190 Å². The summed E-state index contributed by atoms with van der Waals surface area (Å²) >= 11 is 0. The molecule has 1 N–H and O–H groups in total. The molecule has 0 saturated carbocycles. The molecule has 3 aliphatic rings. The lowest BCUT2D eigenvalue weighted by Gasteiger charge is -2.27. The van der Waals surface area contributed by atoms with Crippen LogP contribution in [0.5, 0.6) is 0 Å². The van der Waals surface area contributed by atoms with Crippen molar-refractivity contribution in [2.24, 2.45) is 0 Å². The Morgan fingerprint density at radius 2 is 1.62 bits per heavy atom. The molecule has 0 unspecified atom stereocenters. The fourth-order valence-electron chi connectivity index (χ4n) is 5.29. The summed E-state index contributed by atoms with van der Waals surface area (Å²) in [6, 6.07) is 13.4. The van der Waals surface area contributed by atoms with Gasteiger partial charge in [0.1, 0.15) is 4.90 Å². The highest BCUT2D eigenvalue weighted by Crippen LogP contribution is 2.34. The number of benzene rings is 2. The van der Waals surface area contributed by atoms with Crippen molar-refractivity contribution in [3.05, 3.63) is 59.2 Å². The third kappa shape index (κ3) is 4.04. The van der Waals surface area contributed by atoms with Crippen molar-refractivity contribution < 1.29 is 13.2 Å². The Hall–Kier alpha value is -2.38. The van der Waals surface area contributed by atoms with E-state index >= 15 is 0 Å². The lowest BCUT2D eigenvalue weighted by Crippen LogP contribution is -2.32. The molecule has 7 heteroatoms. The van der Waals surface area contributed by atoms with E-state index in [-0.39, 0.29) is 16.8 Å². The van der Waals surface area contributed by atoms with Gasteiger partial charge in [-0.15, -0.1) is 0 Å². The highest BCUT2D eigenvalue weighted by Gasteiger charge is 2.32. The van der Waals surface area contributed by atoms with Gasteiger partial charge in [0.05, 0.1) is 11.7 Å². The lowest BCUT2D eigenvalue weighted by molar-refractivity contribution is 0.0932. The second kappa shape index (κ2) is 8.87. The van der Waals surface area contributed by atoms with Crippen LogP contribution >= 0.6 is 0 Å². The third-order valence-corrected chi connectivity index (χ3v) is 8.95. The molecule has 0 spiro atoms. The van der Waals surface area contributed by atoms with Crippen LogP contribution in [0, 0.1) is 0 Å². The quantitative estimate of drug-likeness (QED) is 0.746. The fourth-order valence-corrected chi connectivity index (χ4v) is 7.05. The normalized spacial score (nSPS) is 21.5. The van der Waals surface area contributed by atoms with Gasteiger partial charge in [0.15, 0.2) is 0 Å². The number of hydrogen-bond donors (Lipinski definition) is 1. The first-order chi connectivity index (χ1) is 15.5. The number of carbonyl (C=O) groups is 1. The van der Waals surface area contributed by atoms with Crippen LogP contribution in [0.15, 0.2) is 47.4 Å². The molecular weight excluding hydrogens is 422 g/mol. The van der Waals surface area contributed by atoms with Crippen molar-refractivity contribution in [1.29, 1.82) is 0 Å². The second-order valence-corrected chi connectivity index (χ2v) is 11.0. The average Bonchev–Trinajstić information content (AvgIpc) is 3.54. The van der Waals surface area contributed by atoms with Gasteiger partial charge in [-0.05, 0) is 74.3 Å². The van der Waals surface area contributed by atoms with Gasteiger partial charge in [0.25, 0.3) is 5.91 Å². The minimum atomic E-state index is -3.63. The summed E-state index contributed by atoms with van der Waals surface area (Å²) < 4.78 is 28.6. The molecule has 0 bridgehead atoms. The van der Waals surface area contributed by atoms with Gasteiger partial charge < -0.3 is 10.2 Å². The second-order valence-electron chi connectivity index (χ2n) is 9.10. The topological polar surface area (TPSA) is 69.7 Å². The summed E-state index contributed by atoms with van der Waals surface area (Å²) in [6.45, 7) is 2.81. The van der Waals surface area contributed by atoms with Gasteiger partial charge in [-0.2, -0.15) is 4.31 Å². The standard InChI is InChI=1S/C25H31N3O3S/c29-25(26-22-11-7-9-19-8-1-2-10-21(19)22)20-12-13-23(27-14-3-4-15-27)24(18-20)32(30,31)28-16-5-6-17-28/h1-2,8,10,12-13,18,22H,3-7,9,11,14-17H2,(H,26,29)/t22-/m1/s1. The van der Waals surface area contributed by atoms with Crippen LogP contribution < -0.4 is 10.2 Å². The van der Waals surface area contributed by atoms with Crippen LogP contribution in [-0.4, -0.2) is 44.8 Å². The smallest absolute Gasteiger partial charge is 0.251 e. The van der Waals surface area contributed by atoms with Gasteiger partial charge in [-0.25, -0.2) is 8.42 Å². The van der Waals surface area contributed by atoms with Crippen LogP contribution in [0.4, 0.5) is 5.69 Å². The zero-order chi connectivity index (χ0) is 22.1. The van der Waals surface area contributed by atoms with E-state index < -0.39 is 10.0 Å². The molecule has 32 heavy (non-hydrogen) atoms. The number of rotatable bonds is 5. The molecule has 2 fully saturated rings. The minimum Gasteiger partial charge on any atom is -0.370 e. The number of hydrogen-bond acceptors (Lipinski definition) is 4. The average molecular weight is 454 g/mol. The Morgan fingerprint density at radius 1 is 0.906 bits per heavy atom. The summed E-state index contributed by atoms with van der Waals surface area (Å²) in [5, 5.41) is 3.17. The molecular formula is C25H31N3O3S. The molecule has 170 valence electrons. The summed E-state index contributed by atoms with van der Waals surface area (Å²) in [6.07, 6.45) is 6.86. The Morgan fingerprint density at radius 3 is 2.41 bits per heavy atom. The van der Waals surface area contributed by atoms with E-state index in [0.717, 1.165) is 63.7 Å². The molecule has 1 atom stereocenters. The largest absolute Gasteiger partial charge is 0.370 e. The van der Waals surface area contributed by atoms with Gasteiger partial charge in [0.2, 0.25) is 10.0 Å². The Kier molecular flexibility index (Phi) is 5.95. The molecule has 0 radical (unpaired) electrons. The zero-order valence-corrected chi connectivity index (χ0v) is 19.2. The molecule has 2 aromatic carbocycles. The third-order valence-electron chi connectivity index (χ3n) is 7.03. The Bertz CT molecular complexity index is 1100. The first-order valence-corrected chi connectivity index (χ1v) is 13.3. The summed E-state index contributed by atoms with van der Waals surface area (Å²) in [5.74, 6) is -0.211. The maximum Gasteiger partial charge on any atom is 0.251 e. The number of sulfonamides is 1. The van der Waals surface area contributed by atoms with Crippen molar-refractivity contribution in [3.8, 4) is 0 Å². The van der Waals surface area contributed by atoms with E-state index in [4.69, 9.17) is 0 Å². The molecule has 1 amide bonds. The van der Waals surface area contributed by atoms with E-state index in [1.807, 2.05) is 18.2 Å². The summed E-state index contributed by atoms with van der Waals surface area (Å²) in [7, 11) is -3.63. The van der Waals surface area contributed by atoms with Gasteiger partial charge in [-0.1, -0.05) is 24.3 Å². The summed E-state index contributed by atoms with van der Waals surface area (Å²) in [4.78, 5) is 15.6. The van der Waals surface area contributed by atoms with E-state index in [1.54, 1.807) is 16.4 Å². The summed E-state index contributed by atoms with van der Waals surface area (Å²) in [5.41, 5.74) is 3.60. The van der Waals surface area contributed by atoms with Crippen LogP contribution in [0.2, 0.25) is 0 Å². The van der Waals surface area contributed by atoms with Crippen LogP contribution in [0.3, 0.4) is 0 Å². The molecule has 1 aliphatic carbocycles. The number of amides is 1. The maximum absolute atomic E-state index is 13.5. The number of anilines is 1. The van der Waals surface area contributed by atoms with Gasteiger partial charge in [-0.3, -0.25) is 4.79 Å². The van der Waals surface area contributed by atoms with E-state index in [9.17, 15) is 13.2 Å². The number of nitrogens with one attached hydrogen (secondary N) is 1. The van der Waals surface area contributed by atoms with E-state index in [2.05, 4.69) is 22.3 Å². The van der Waals surface area contributed by atoms with Crippen molar-refractivity contribution >= 4 is 21.6 Å². The van der Waals surface area contributed by atoms with Gasteiger partial charge >= 0.3 is 0 Å². The van der Waals surface area contributed by atoms with E-state index in [1.165, 1.54) is 11.1 Å². The molecule has 6 nitrogen and oxygen atoms in total. The number of nitrogens with zero attached hydrogens (tertiary/aromatic N) is 2. The van der Waals surface area contributed by atoms with Crippen molar-refractivity contribution in [2.75, 3.05) is 31.1 Å². The maximum atomic E-state index is 13.5. The Balaban J connectivity index is 1.46. The predicted octanol–water partition coefficient (Wildman–Crippen LogP) is 3.88. The number of aryl methyl sites for hydroxylation is 1. The highest BCUT2D eigenvalue weighted by atomic mass is 32.2. The molecule has 2 aliphatic heterocycles. The highest BCUT2D eigenvalue weighted by molar-refractivity contribution is 7.89.